The lowest BCUT2D eigenvalue weighted by molar-refractivity contribution is 0.112. The highest BCUT2D eigenvalue weighted by atomic mass is 16.3. The summed E-state index contributed by atoms with van der Waals surface area (Å²) >= 11 is 0. The van der Waals surface area contributed by atoms with Gasteiger partial charge in [-0.1, -0.05) is 44.2 Å². The minimum atomic E-state index is 0.273. The van der Waals surface area contributed by atoms with Crippen LogP contribution in [0.1, 0.15) is 48.0 Å². The third kappa shape index (κ3) is 2.63. The van der Waals surface area contributed by atoms with Crippen molar-refractivity contribution in [1.82, 2.24) is 0 Å². The molecule has 0 spiro atoms. The second-order valence-corrected chi connectivity index (χ2v) is 4.71. The summed E-state index contributed by atoms with van der Waals surface area (Å²) in [5.74, 6) is 0.983. The predicted molar refractivity (Wildman–Crippen MR) is 63.8 cm³/mol. The monoisotopic (exact) mass is 218 g/mol. The lowest BCUT2D eigenvalue weighted by Gasteiger charge is -2.21. The van der Waals surface area contributed by atoms with Crippen molar-refractivity contribution in [2.24, 2.45) is 5.92 Å². The van der Waals surface area contributed by atoms with Crippen molar-refractivity contribution in [2.75, 3.05) is 0 Å². The maximum atomic E-state index is 10.5. The van der Waals surface area contributed by atoms with Gasteiger partial charge < -0.3 is 5.11 Å². The van der Waals surface area contributed by atoms with Gasteiger partial charge >= 0.3 is 0 Å². The number of phenols is 1. The molecule has 0 atom stereocenters. The Hall–Kier alpha value is -1.31. The highest BCUT2D eigenvalue weighted by Crippen LogP contribution is 2.29. The van der Waals surface area contributed by atoms with Gasteiger partial charge in [0, 0.05) is 5.56 Å². The zero-order chi connectivity index (χ0) is 11.4. The molecular weight excluding hydrogens is 200 g/mol. The average Bonchev–Trinajstić information content (AvgIpc) is 2.33. The maximum absolute atomic E-state index is 10.5. The summed E-state index contributed by atoms with van der Waals surface area (Å²) in [5.41, 5.74) is 1.53. The smallest absolute Gasteiger partial charge is 0.150 e. The Morgan fingerprint density at radius 1 is 1.25 bits per heavy atom. The number of benzene rings is 1. The Bertz CT molecular complexity index is 365. The maximum Gasteiger partial charge on any atom is 0.150 e. The van der Waals surface area contributed by atoms with Gasteiger partial charge in [-0.15, -0.1) is 0 Å². The highest BCUT2D eigenvalue weighted by Gasteiger charge is 2.15. The molecule has 1 fully saturated rings. The normalized spacial score (nSPS) is 17.2. The largest absolute Gasteiger partial charge is 0.508 e. The van der Waals surface area contributed by atoms with Crippen LogP contribution in [0, 0.1) is 5.92 Å². The minimum absolute atomic E-state index is 0.273. The molecule has 1 N–H and O–H groups in total. The van der Waals surface area contributed by atoms with Crippen molar-refractivity contribution in [3.8, 4) is 5.75 Å². The Morgan fingerprint density at radius 3 is 2.62 bits per heavy atom. The van der Waals surface area contributed by atoms with Crippen LogP contribution in [0.3, 0.4) is 0 Å². The molecule has 0 unspecified atom stereocenters. The van der Waals surface area contributed by atoms with Crippen LogP contribution in [0.4, 0.5) is 0 Å². The molecule has 0 amide bonds. The van der Waals surface area contributed by atoms with Gasteiger partial charge in [0.05, 0.1) is 0 Å². The van der Waals surface area contributed by atoms with Crippen LogP contribution >= 0.6 is 0 Å². The summed E-state index contributed by atoms with van der Waals surface area (Å²) in [6.07, 6.45) is 8.25. The number of aromatic hydroxyl groups is 1. The fourth-order valence-electron chi connectivity index (χ4n) is 2.53. The molecule has 0 bridgehead atoms. The summed E-state index contributed by atoms with van der Waals surface area (Å²) in [6.45, 7) is 0. The summed E-state index contributed by atoms with van der Waals surface area (Å²) in [6, 6.07) is 5.23. The molecule has 2 nitrogen and oxygen atoms in total. The molecular formula is C14H18O2. The molecule has 0 saturated heterocycles. The molecule has 86 valence electrons. The quantitative estimate of drug-likeness (QED) is 0.790. The number of aldehydes is 1. The molecule has 2 rings (SSSR count). The minimum Gasteiger partial charge on any atom is -0.508 e. The Morgan fingerprint density at radius 2 is 2.00 bits per heavy atom. The van der Waals surface area contributed by atoms with Crippen molar-refractivity contribution in [3.63, 3.8) is 0 Å². The van der Waals surface area contributed by atoms with Crippen LogP contribution in [0.25, 0.3) is 0 Å². The van der Waals surface area contributed by atoms with E-state index < -0.39 is 0 Å². The van der Waals surface area contributed by atoms with E-state index in [1.54, 1.807) is 12.1 Å². The Labute approximate surface area is 96.3 Å². The third-order valence-electron chi connectivity index (χ3n) is 3.48. The first kappa shape index (κ1) is 11.2. The van der Waals surface area contributed by atoms with Crippen LogP contribution in [-0.2, 0) is 6.42 Å². The molecule has 1 saturated carbocycles. The van der Waals surface area contributed by atoms with Gasteiger partial charge in [-0.05, 0) is 24.0 Å². The number of hydrogen-bond donors (Lipinski definition) is 1. The zero-order valence-corrected chi connectivity index (χ0v) is 9.48. The van der Waals surface area contributed by atoms with E-state index in [9.17, 15) is 9.90 Å². The standard InChI is InChI=1S/C14H18O2/c15-10-12-6-7-13(14(16)9-12)8-11-4-2-1-3-5-11/h6-7,9-11,16H,1-5,8H2. The molecule has 1 aliphatic rings. The van der Waals surface area contributed by atoms with E-state index in [2.05, 4.69) is 0 Å². The topological polar surface area (TPSA) is 37.3 Å². The fourth-order valence-corrected chi connectivity index (χ4v) is 2.53. The van der Waals surface area contributed by atoms with Crippen LogP contribution in [0.15, 0.2) is 18.2 Å². The molecule has 16 heavy (non-hydrogen) atoms. The van der Waals surface area contributed by atoms with E-state index in [0.29, 0.717) is 11.5 Å². The number of carbonyl (C=O) groups excluding carboxylic acids is 1. The molecule has 0 aromatic heterocycles. The van der Waals surface area contributed by atoms with Crippen LogP contribution < -0.4 is 0 Å². The van der Waals surface area contributed by atoms with E-state index in [0.717, 1.165) is 18.3 Å². The molecule has 0 heterocycles. The number of carbonyl (C=O) groups is 1. The second kappa shape index (κ2) is 5.15. The first-order chi connectivity index (χ1) is 7.79. The van der Waals surface area contributed by atoms with Crippen LogP contribution in [-0.4, -0.2) is 11.4 Å². The van der Waals surface area contributed by atoms with Crippen LogP contribution in [0.5, 0.6) is 5.75 Å². The van der Waals surface area contributed by atoms with Crippen LogP contribution in [0.2, 0.25) is 0 Å². The van der Waals surface area contributed by atoms with Gasteiger partial charge in [-0.25, -0.2) is 0 Å². The molecule has 1 aromatic carbocycles. The molecule has 1 aliphatic carbocycles. The van der Waals surface area contributed by atoms with E-state index >= 15 is 0 Å². The van der Waals surface area contributed by atoms with E-state index in [1.165, 1.54) is 32.1 Å². The van der Waals surface area contributed by atoms with Gasteiger partial charge in [-0.3, -0.25) is 4.79 Å². The summed E-state index contributed by atoms with van der Waals surface area (Å²) < 4.78 is 0. The zero-order valence-electron chi connectivity index (χ0n) is 9.48. The fraction of sp³-hybridized carbons (Fsp3) is 0.500. The van der Waals surface area contributed by atoms with E-state index in [-0.39, 0.29) is 5.75 Å². The number of rotatable bonds is 3. The van der Waals surface area contributed by atoms with Gasteiger partial charge in [0.25, 0.3) is 0 Å². The lowest BCUT2D eigenvalue weighted by atomic mass is 9.84. The highest BCUT2D eigenvalue weighted by molar-refractivity contribution is 5.75. The number of phenolic OH excluding ortho intramolecular Hbond substituents is 1. The SMILES string of the molecule is O=Cc1ccc(CC2CCCCC2)c(O)c1. The molecule has 1 aromatic rings. The van der Waals surface area contributed by atoms with Crippen molar-refractivity contribution in [2.45, 2.75) is 38.5 Å². The first-order valence-electron chi connectivity index (χ1n) is 6.06. The van der Waals surface area contributed by atoms with Crippen molar-refractivity contribution in [1.29, 1.82) is 0 Å². The summed E-state index contributed by atoms with van der Waals surface area (Å²) in [4.78, 5) is 10.5. The summed E-state index contributed by atoms with van der Waals surface area (Å²) in [5, 5.41) is 9.79. The van der Waals surface area contributed by atoms with E-state index in [1.807, 2.05) is 6.07 Å². The third-order valence-corrected chi connectivity index (χ3v) is 3.48. The average molecular weight is 218 g/mol. The second-order valence-electron chi connectivity index (χ2n) is 4.71. The van der Waals surface area contributed by atoms with Crippen molar-refractivity contribution in [3.05, 3.63) is 29.3 Å². The first-order valence-corrected chi connectivity index (χ1v) is 6.06. The van der Waals surface area contributed by atoms with Gasteiger partial charge in [-0.2, -0.15) is 0 Å². The predicted octanol–water partition coefficient (Wildman–Crippen LogP) is 3.33. The van der Waals surface area contributed by atoms with Gasteiger partial charge in [0.2, 0.25) is 0 Å². The van der Waals surface area contributed by atoms with Gasteiger partial charge in [0.1, 0.15) is 12.0 Å². The molecule has 0 aliphatic heterocycles. The van der Waals surface area contributed by atoms with Crippen molar-refractivity contribution >= 4 is 6.29 Å². The Kier molecular flexibility index (Phi) is 3.60. The molecule has 2 heteroatoms. The Balaban J connectivity index is 2.05. The number of hydrogen-bond acceptors (Lipinski definition) is 2. The summed E-state index contributed by atoms with van der Waals surface area (Å²) in [7, 11) is 0. The van der Waals surface area contributed by atoms with Gasteiger partial charge in [0.15, 0.2) is 0 Å². The molecule has 0 radical (unpaired) electrons. The van der Waals surface area contributed by atoms with E-state index in [4.69, 9.17) is 0 Å². The van der Waals surface area contributed by atoms with Crippen molar-refractivity contribution < 1.29 is 9.90 Å². The lowest BCUT2D eigenvalue weighted by Crippen LogP contribution is -2.09.